The van der Waals surface area contributed by atoms with Crippen molar-refractivity contribution in [1.82, 2.24) is 4.98 Å². The maximum absolute atomic E-state index is 12.4. The molecule has 1 heterocycles. The summed E-state index contributed by atoms with van der Waals surface area (Å²) in [4.78, 5) is 16.8. The Hall–Kier alpha value is -2.15. The lowest BCUT2D eigenvalue weighted by molar-refractivity contribution is 0.102. The van der Waals surface area contributed by atoms with E-state index in [9.17, 15) is 4.79 Å². The number of halogens is 1. The summed E-state index contributed by atoms with van der Waals surface area (Å²) in [5, 5.41) is 2.92. The third kappa shape index (κ3) is 3.44. The summed E-state index contributed by atoms with van der Waals surface area (Å²) in [7, 11) is 0. The van der Waals surface area contributed by atoms with Crippen LogP contribution in [-0.2, 0) is 0 Å². The average Bonchev–Trinajstić information content (AvgIpc) is 2.87. The summed E-state index contributed by atoms with van der Waals surface area (Å²) in [6, 6.07) is 15.0. The van der Waals surface area contributed by atoms with E-state index in [0.717, 1.165) is 20.6 Å². The van der Waals surface area contributed by atoms with Gasteiger partial charge < -0.3 is 9.73 Å². The van der Waals surface area contributed by atoms with Gasteiger partial charge in [0.15, 0.2) is 0 Å². The van der Waals surface area contributed by atoms with Crippen molar-refractivity contribution in [3.05, 3.63) is 69.1 Å². The predicted molar refractivity (Wildman–Crippen MR) is 98.5 cm³/mol. The van der Waals surface area contributed by atoms with Gasteiger partial charge in [0, 0.05) is 14.8 Å². The van der Waals surface area contributed by atoms with Crippen LogP contribution in [0.2, 0.25) is 0 Å². The fraction of sp³-hybridized carbons (Fsp3) is 0.111. The monoisotopic (exact) mass is 418 g/mol. The molecule has 0 unspecified atom stereocenters. The minimum atomic E-state index is -0.132. The van der Waals surface area contributed by atoms with Crippen molar-refractivity contribution < 1.29 is 9.21 Å². The van der Waals surface area contributed by atoms with Gasteiger partial charge in [0.1, 0.15) is 5.76 Å². The number of hydrogen-bond acceptors (Lipinski definition) is 3. The standard InChI is InChI=1S/C18H15IN2O2/c1-11-12(2)23-18(20-11)13-6-5-7-14(10-13)21-17(22)15-8-3-4-9-16(15)19/h3-10H,1-2H3,(H,21,22). The number of hydrogen-bond donors (Lipinski definition) is 1. The maximum atomic E-state index is 12.4. The molecule has 1 amide bonds. The molecule has 3 rings (SSSR count). The first-order chi connectivity index (χ1) is 11.0. The van der Waals surface area contributed by atoms with Crippen molar-refractivity contribution >= 4 is 34.2 Å². The Kier molecular flexibility index (Phi) is 4.47. The molecule has 0 radical (unpaired) electrons. The number of rotatable bonds is 3. The van der Waals surface area contributed by atoms with E-state index >= 15 is 0 Å². The summed E-state index contributed by atoms with van der Waals surface area (Å²) in [5.41, 5.74) is 3.07. The highest BCUT2D eigenvalue weighted by Crippen LogP contribution is 2.24. The highest BCUT2D eigenvalue weighted by Gasteiger charge is 2.12. The van der Waals surface area contributed by atoms with Gasteiger partial charge in [-0.05, 0) is 66.8 Å². The van der Waals surface area contributed by atoms with E-state index in [2.05, 4.69) is 32.9 Å². The van der Waals surface area contributed by atoms with Gasteiger partial charge in [-0.1, -0.05) is 18.2 Å². The van der Waals surface area contributed by atoms with Crippen LogP contribution in [0.4, 0.5) is 5.69 Å². The molecule has 0 bridgehead atoms. The van der Waals surface area contributed by atoms with Crippen LogP contribution in [0, 0.1) is 17.4 Å². The largest absolute Gasteiger partial charge is 0.441 e. The number of aryl methyl sites for hydroxylation is 2. The quantitative estimate of drug-likeness (QED) is 0.621. The molecule has 0 aliphatic heterocycles. The zero-order valence-electron chi connectivity index (χ0n) is 12.8. The molecule has 0 atom stereocenters. The predicted octanol–water partition coefficient (Wildman–Crippen LogP) is 4.82. The van der Waals surface area contributed by atoms with Crippen LogP contribution < -0.4 is 5.32 Å². The Labute approximate surface area is 148 Å². The smallest absolute Gasteiger partial charge is 0.256 e. The molecular formula is C18H15IN2O2. The first kappa shape index (κ1) is 15.7. The van der Waals surface area contributed by atoms with Crippen molar-refractivity contribution in [1.29, 1.82) is 0 Å². The lowest BCUT2D eigenvalue weighted by atomic mass is 10.1. The fourth-order valence-corrected chi connectivity index (χ4v) is 2.80. The molecule has 0 saturated carbocycles. The minimum absolute atomic E-state index is 0.132. The Morgan fingerprint density at radius 3 is 2.61 bits per heavy atom. The molecule has 3 aromatic rings. The molecule has 1 N–H and O–H groups in total. The number of benzene rings is 2. The van der Waals surface area contributed by atoms with Gasteiger partial charge >= 0.3 is 0 Å². The lowest BCUT2D eigenvalue weighted by Crippen LogP contribution is -2.13. The van der Waals surface area contributed by atoms with Crippen LogP contribution in [0.5, 0.6) is 0 Å². The van der Waals surface area contributed by atoms with Gasteiger partial charge in [0.25, 0.3) is 5.91 Å². The van der Waals surface area contributed by atoms with Gasteiger partial charge in [0.2, 0.25) is 5.89 Å². The summed E-state index contributed by atoms with van der Waals surface area (Å²) in [6.07, 6.45) is 0. The number of aromatic nitrogens is 1. The summed E-state index contributed by atoms with van der Waals surface area (Å²) in [6.45, 7) is 3.79. The van der Waals surface area contributed by atoms with E-state index in [1.807, 2.05) is 62.4 Å². The van der Waals surface area contributed by atoms with Crippen LogP contribution in [0.3, 0.4) is 0 Å². The fourth-order valence-electron chi connectivity index (χ4n) is 2.17. The summed E-state index contributed by atoms with van der Waals surface area (Å²) in [5.74, 6) is 1.23. The van der Waals surface area contributed by atoms with Crippen LogP contribution in [0.1, 0.15) is 21.8 Å². The molecule has 0 aliphatic carbocycles. The number of nitrogens with one attached hydrogen (secondary N) is 1. The van der Waals surface area contributed by atoms with Gasteiger partial charge in [-0.3, -0.25) is 4.79 Å². The molecular weight excluding hydrogens is 403 g/mol. The summed E-state index contributed by atoms with van der Waals surface area (Å²) < 4.78 is 6.55. The average molecular weight is 418 g/mol. The number of nitrogens with zero attached hydrogens (tertiary/aromatic N) is 1. The van der Waals surface area contributed by atoms with E-state index in [1.165, 1.54) is 0 Å². The van der Waals surface area contributed by atoms with Crippen LogP contribution in [-0.4, -0.2) is 10.9 Å². The second-order valence-corrected chi connectivity index (χ2v) is 6.34. The van der Waals surface area contributed by atoms with Crippen molar-refractivity contribution in [2.75, 3.05) is 5.32 Å². The number of carbonyl (C=O) groups excluding carboxylic acids is 1. The molecule has 23 heavy (non-hydrogen) atoms. The SMILES string of the molecule is Cc1nc(-c2cccc(NC(=O)c3ccccc3I)c2)oc1C. The molecule has 0 spiro atoms. The molecule has 1 aromatic heterocycles. The normalized spacial score (nSPS) is 10.6. The Bertz CT molecular complexity index is 851. The Balaban J connectivity index is 1.86. The Morgan fingerprint density at radius 1 is 1.13 bits per heavy atom. The molecule has 0 fully saturated rings. The van der Waals surface area contributed by atoms with E-state index in [-0.39, 0.29) is 5.91 Å². The number of amides is 1. The minimum Gasteiger partial charge on any atom is -0.441 e. The van der Waals surface area contributed by atoms with Gasteiger partial charge in [-0.25, -0.2) is 4.98 Å². The third-order valence-electron chi connectivity index (χ3n) is 3.51. The van der Waals surface area contributed by atoms with E-state index in [1.54, 1.807) is 0 Å². The van der Waals surface area contributed by atoms with E-state index < -0.39 is 0 Å². The third-order valence-corrected chi connectivity index (χ3v) is 4.46. The molecule has 5 heteroatoms. The van der Waals surface area contributed by atoms with E-state index in [0.29, 0.717) is 17.1 Å². The summed E-state index contributed by atoms with van der Waals surface area (Å²) >= 11 is 2.15. The van der Waals surface area contributed by atoms with Gasteiger partial charge in [-0.2, -0.15) is 0 Å². The first-order valence-corrected chi connectivity index (χ1v) is 8.23. The zero-order valence-corrected chi connectivity index (χ0v) is 14.9. The van der Waals surface area contributed by atoms with Crippen molar-refractivity contribution in [3.8, 4) is 11.5 Å². The highest BCUT2D eigenvalue weighted by molar-refractivity contribution is 14.1. The van der Waals surface area contributed by atoms with Crippen molar-refractivity contribution in [2.45, 2.75) is 13.8 Å². The molecule has 0 saturated heterocycles. The van der Waals surface area contributed by atoms with Crippen LogP contribution in [0.15, 0.2) is 52.9 Å². The maximum Gasteiger partial charge on any atom is 0.256 e. The second-order valence-electron chi connectivity index (χ2n) is 5.18. The second kappa shape index (κ2) is 6.54. The molecule has 0 aliphatic rings. The number of anilines is 1. The topological polar surface area (TPSA) is 55.1 Å². The molecule has 116 valence electrons. The van der Waals surface area contributed by atoms with Crippen LogP contribution in [0.25, 0.3) is 11.5 Å². The van der Waals surface area contributed by atoms with Gasteiger partial charge in [0.05, 0.1) is 11.3 Å². The van der Waals surface area contributed by atoms with Crippen molar-refractivity contribution in [3.63, 3.8) is 0 Å². The highest BCUT2D eigenvalue weighted by atomic mass is 127. The first-order valence-electron chi connectivity index (χ1n) is 7.15. The van der Waals surface area contributed by atoms with Crippen LogP contribution >= 0.6 is 22.6 Å². The van der Waals surface area contributed by atoms with Gasteiger partial charge in [-0.15, -0.1) is 0 Å². The lowest BCUT2D eigenvalue weighted by Gasteiger charge is -2.07. The zero-order chi connectivity index (χ0) is 16.4. The van der Waals surface area contributed by atoms with E-state index in [4.69, 9.17) is 4.42 Å². The number of carbonyl (C=O) groups is 1. The van der Waals surface area contributed by atoms with Crippen molar-refractivity contribution in [2.24, 2.45) is 0 Å². The number of oxazole rings is 1. The Morgan fingerprint density at radius 2 is 1.91 bits per heavy atom. The molecule has 2 aromatic carbocycles. The molecule has 4 nitrogen and oxygen atoms in total.